The van der Waals surface area contributed by atoms with Gasteiger partial charge >= 0.3 is 0 Å². The summed E-state index contributed by atoms with van der Waals surface area (Å²) in [5.74, 6) is -0.241. The smallest absolute Gasteiger partial charge is 0.272 e. The van der Waals surface area contributed by atoms with Gasteiger partial charge in [-0.2, -0.15) is 0 Å². The first kappa shape index (κ1) is 18.3. The number of nitrogens with zero attached hydrogens (tertiary/aromatic N) is 3. The number of rotatable bonds is 4. The topological polar surface area (TPSA) is 101 Å². The van der Waals surface area contributed by atoms with Gasteiger partial charge < -0.3 is 10.1 Å². The molecule has 0 fully saturated rings. The molecular formula is C22H19N5O3. The molecule has 0 radical (unpaired) electrons. The molecule has 0 saturated carbocycles. The molecule has 1 atom stereocenters. The van der Waals surface area contributed by atoms with E-state index in [2.05, 4.69) is 20.4 Å². The molecule has 8 heteroatoms. The lowest BCUT2D eigenvalue weighted by Crippen LogP contribution is -2.34. The van der Waals surface area contributed by atoms with Crippen LogP contribution < -0.4 is 10.9 Å². The summed E-state index contributed by atoms with van der Waals surface area (Å²) in [6.45, 7) is 0.640. The van der Waals surface area contributed by atoms with Gasteiger partial charge in [-0.15, -0.1) is 0 Å². The van der Waals surface area contributed by atoms with E-state index >= 15 is 0 Å². The third-order valence-corrected chi connectivity index (χ3v) is 5.15. The van der Waals surface area contributed by atoms with Crippen molar-refractivity contribution in [3.8, 4) is 11.3 Å². The van der Waals surface area contributed by atoms with Gasteiger partial charge in [0.2, 0.25) is 0 Å². The number of carbonyl (C=O) groups excluding carboxylic acids is 1. The van der Waals surface area contributed by atoms with Crippen LogP contribution in [-0.2, 0) is 22.5 Å². The maximum absolute atomic E-state index is 12.7. The number of pyridine rings is 1. The van der Waals surface area contributed by atoms with Crippen molar-refractivity contribution in [2.45, 2.75) is 19.1 Å². The molecule has 0 spiro atoms. The minimum atomic E-state index is -0.649. The summed E-state index contributed by atoms with van der Waals surface area (Å²) < 4.78 is 7.06. The lowest BCUT2D eigenvalue weighted by molar-refractivity contribution is -0.134. The molecule has 0 aliphatic carbocycles. The molecule has 150 valence electrons. The normalized spacial score (nSPS) is 15.7. The number of ether oxygens (including phenoxy) is 1. The highest BCUT2D eigenvalue weighted by atomic mass is 16.5. The third-order valence-electron chi connectivity index (χ3n) is 5.15. The third kappa shape index (κ3) is 3.37. The van der Waals surface area contributed by atoms with Crippen LogP contribution in [0.5, 0.6) is 0 Å². The zero-order valence-corrected chi connectivity index (χ0v) is 16.0. The molecule has 1 aliphatic heterocycles. The fourth-order valence-corrected chi connectivity index (χ4v) is 3.68. The molecule has 5 rings (SSSR count). The first-order chi connectivity index (χ1) is 14.7. The lowest BCUT2D eigenvalue weighted by atomic mass is 9.97. The second kappa shape index (κ2) is 7.57. The van der Waals surface area contributed by atoms with Crippen molar-refractivity contribution >= 4 is 11.6 Å². The molecule has 0 bridgehead atoms. The SMILES string of the molecule is O=C(NCc1cc(=O)n2[nH]c(-c3cccnc3)cc2n1)[C@H]1OCCc2ccccc21. The number of carbonyl (C=O) groups is 1. The highest BCUT2D eigenvalue weighted by molar-refractivity contribution is 5.82. The monoisotopic (exact) mass is 401 g/mol. The summed E-state index contributed by atoms with van der Waals surface area (Å²) in [7, 11) is 0. The van der Waals surface area contributed by atoms with Crippen LogP contribution in [0.3, 0.4) is 0 Å². The van der Waals surface area contributed by atoms with Crippen molar-refractivity contribution in [1.29, 1.82) is 0 Å². The molecular weight excluding hydrogens is 382 g/mol. The number of aromatic nitrogens is 4. The van der Waals surface area contributed by atoms with E-state index in [4.69, 9.17) is 4.74 Å². The minimum Gasteiger partial charge on any atom is -0.363 e. The van der Waals surface area contributed by atoms with Crippen LogP contribution in [0.25, 0.3) is 16.9 Å². The molecule has 1 aliphatic rings. The van der Waals surface area contributed by atoms with Crippen LogP contribution in [0.1, 0.15) is 22.9 Å². The fraction of sp³-hybridized carbons (Fsp3) is 0.182. The minimum absolute atomic E-state index is 0.139. The molecule has 0 unspecified atom stereocenters. The van der Waals surface area contributed by atoms with Gasteiger partial charge in [-0.25, -0.2) is 9.50 Å². The summed E-state index contributed by atoms with van der Waals surface area (Å²) in [4.78, 5) is 33.8. The predicted octanol–water partition coefficient (Wildman–Crippen LogP) is 2.01. The summed E-state index contributed by atoms with van der Waals surface area (Å²) in [6.07, 6.45) is 3.54. The van der Waals surface area contributed by atoms with E-state index in [9.17, 15) is 9.59 Å². The van der Waals surface area contributed by atoms with Crippen LogP contribution in [-0.4, -0.2) is 32.1 Å². The zero-order valence-electron chi connectivity index (χ0n) is 16.0. The molecule has 8 nitrogen and oxygen atoms in total. The van der Waals surface area contributed by atoms with Crippen molar-refractivity contribution in [1.82, 2.24) is 24.9 Å². The fourth-order valence-electron chi connectivity index (χ4n) is 3.68. The van der Waals surface area contributed by atoms with E-state index in [0.29, 0.717) is 17.9 Å². The molecule has 4 heterocycles. The van der Waals surface area contributed by atoms with Gasteiger partial charge in [-0.3, -0.25) is 19.7 Å². The van der Waals surface area contributed by atoms with E-state index in [1.54, 1.807) is 18.5 Å². The molecule has 0 saturated heterocycles. The van der Waals surface area contributed by atoms with Crippen LogP contribution in [0.15, 0.2) is 65.7 Å². The van der Waals surface area contributed by atoms with Gasteiger partial charge in [0, 0.05) is 30.1 Å². The van der Waals surface area contributed by atoms with E-state index in [1.165, 1.54) is 10.6 Å². The summed E-state index contributed by atoms with van der Waals surface area (Å²) >= 11 is 0. The average molecular weight is 401 g/mol. The van der Waals surface area contributed by atoms with Crippen LogP contribution in [0.2, 0.25) is 0 Å². The van der Waals surface area contributed by atoms with Gasteiger partial charge in [0.25, 0.3) is 11.5 Å². The van der Waals surface area contributed by atoms with Gasteiger partial charge in [0.1, 0.15) is 0 Å². The summed E-state index contributed by atoms with van der Waals surface area (Å²) in [5, 5.41) is 5.87. The molecule has 1 amide bonds. The summed E-state index contributed by atoms with van der Waals surface area (Å²) in [5.41, 5.74) is 4.30. The van der Waals surface area contributed by atoms with Gasteiger partial charge in [-0.1, -0.05) is 24.3 Å². The maximum Gasteiger partial charge on any atom is 0.272 e. The number of benzene rings is 1. The zero-order chi connectivity index (χ0) is 20.5. The lowest BCUT2D eigenvalue weighted by Gasteiger charge is -2.25. The van der Waals surface area contributed by atoms with Crippen molar-refractivity contribution in [3.63, 3.8) is 0 Å². The van der Waals surface area contributed by atoms with Crippen molar-refractivity contribution < 1.29 is 9.53 Å². The number of nitrogens with one attached hydrogen (secondary N) is 2. The highest BCUT2D eigenvalue weighted by Crippen LogP contribution is 2.27. The number of amides is 1. The Labute approximate surface area is 171 Å². The van der Waals surface area contributed by atoms with Crippen molar-refractivity contribution in [3.05, 3.63) is 88.1 Å². The Kier molecular flexibility index (Phi) is 4.61. The Morgan fingerprint density at radius 3 is 3.00 bits per heavy atom. The number of fused-ring (bicyclic) bond motifs is 2. The number of hydrogen-bond acceptors (Lipinski definition) is 5. The Morgan fingerprint density at radius 2 is 2.13 bits per heavy atom. The standard InChI is InChI=1S/C22H19N5O3/c28-20-10-16(25-19-11-18(26-27(19)20)15-5-3-8-23-12-15)13-24-22(29)21-17-6-2-1-4-14(17)7-9-30-21/h1-6,8,10-12,21,26H,7,9,13H2,(H,24,29)/t21-/m0/s1. The Bertz CT molecular complexity index is 1280. The second-order valence-corrected chi connectivity index (χ2v) is 7.11. The molecule has 30 heavy (non-hydrogen) atoms. The quantitative estimate of drug-likeness (QED) is 0.545. The number of hydrogen-bond donors (Lipinski definition) is 2. The Hall–Kier alpha value is -3.78. The van der Waals surface area contributed by atoms with Crippen LogP contribution in [0, 0.1) is 0 Å². The predicted molar refractivity (Wildman–Crippen MR) is 110 cm³/mol. The summed E-state index contributed by atoms with van der Waals surface area (Å²) in [6, 6.07) is 14.7. The highest BCUT2D eigenvalue weighted by Gasteiger charge is 2.27. The Morgan fingerprint density at radius 1 is 1.23 bits per heavy atom. The first-order valence-electron chi connectivity index (χ1n) is 9.68. The van der Waals surface area contributed by atoms with Crippen molar-refractivity contribution in [2.75, 3.05) is 6.61 Å². The largest absolute Gasteiger partial charge is 0.363 e. The molecule has 2 N–H and O–H groups in total. The maximum atomic E-state index is 12.7. The van der Waals surface area contributed by atoms with Gasteiger partial charge in [0.05, 0.1) is 24.5 Å². The average Bonchev–Trinajstić information content (AvgIpc) is 3.23. The molecule has 3 aromatic heterocycles. The first-order valence-corrected chi connectivity index (χ1v) is 9.68. The van der Waals surface area contributed by atoms with E-state index in [1.807, 2.05) is 36.4 Å². The van der Waals surface area contributed by atoms with Crippen LogP contribution in [0.4, 0.5) is 0 Å². The second-order valence-electron chi connectivity index (χ2n) is 7.11. The van der Waals surface area contributed by atoms with E-state index in [0.717, 1.165) is 28.8 Å². The van der Waals surface area contributed by atoms with Gasteiger partial charge in [-0.05, 0) is 29.7 Å². The van der Waals surface area contributed by atoms with E-state index < -0.39 is 6.10 Å². The van der Waals surface area contributed by atoms with Crippen molar-refractivity contribution in [2.24, 2.45) is 0 Å². The Balaban J connectivity index is 1.36. The number of H-pyrrole nitrogens is 1. The van der Waals surface area contributed by atoms with E-state index in [-0.39, 0.29) is 18.0 Å². The number of aromatic amines is 1. The van der Waals surface area contributed by atoms with Crippen LogP contribution >= 0.6 is 0 Å². The molecule has 4 aromatic rings. The van der Waals surface area contributed by atoms with Gasteiger partial charge in [0.15, 0.2) is 11.8 Å². The molecule has 1 aromatic carbocycles.